The molecule has 0 amide bonds. The first-order chi connectivity index (χ1) is 11.4. The van der Waals surface area contributed by atoms with E-state index in [2.05, 4.69) is 15.9 Å². The molecule has 0 unspecified atom stereocenters. The third kappa shape index (κ3) is 4.42. The summed E-state index contributed by atoms with van der Waals surface area (Å²) in [6.07, 6.45) is -2.62. The van der Waals surface area contributed by atoms with Crippen LogP contribution in [0.25, 0.3) is 11.3 Å². The summed E-state index contributed by atoms with van der Waals surface area (Å²) in [6, 6.07) is 8.55. The Balaban J connectivity index is 2.41. The molecule has 0 saturated carbocycles. The van der Waals surface area contributed by atoms with Gasteiger partial charge in [0.25, 0.3) is 12.0 Å². The van der Waals surface area contributed by atoms with E-state index in [0.29, 0.717) is 30.2 Å². The minimum atomic E-state index is -2.62. The Morgan fingerprint density at radius 2 is 1.96 bits per heavy atom. The van der Waals surface area contributed by atoms with Crippen LogP contribution in [0, 0.1) is 6.92 Å². The predicted molar refractivity (Wildman–Crippen MR) is 92.0 cm³/mol. The molecule has 0 fully saturated rings. The molecule has 1 aromatic heterocycles. The molecule has 7 heteroatoms. The molecule has 0 aliphatic rings. The van der Waals surface area contributed by atoms with Gasteiger partial charge >= 0.3 is 0 Å². The lowest BCUT2D eigenvalue weighted by atomic mass is 10.0. The zero-order valence-corrected chi connectivity index (χ0v) is 15.0. The molecule has 1 aromatic carbocycles. The van der Waals surface area contributed by atoms with E-state index in [9.17, 15) is 13.6 Å². The topological polar surface area (TPSA) is 40.5 Å². The first-order valence-electron chi connectivity index (χ1n) is 7.34. The number of benzene rings is 1. The van der Waals surface area contributed by atoms with Crippen molar-refractivity contribution < 1.29 is 18.3 Å². The Morgan fingerprint density at radius 1 is 1.21 bits per heavy atom. The Hall–Kier alpha value is -1.73. The maximum absolute atomic E-state index is 12.9. The van der Waals surface area contributed by atoms with Gasteiger partial charge in [-0.15, -0.1) is 0 Å². The van der Waals surface area contributed by atoms with E-state index in [-0.39, 0.29) is 4.47 Å². The molecule has 2 aromatic rings. The molecule has 24 heavy (non-hydrogen) atoms. The van der Waals surface area contributed by atoms with Crippen LogP contribution in [0.5, 0.6) is 5.75 Å². The average molecular weight is 402 g/mol. The lowest BCUT2D eigenvalue weighted by molar-refractivity contribution is 0.126. The summed E-state index contributed by atoms with van der Waals surface area (Å²) in [4.78, 5) is 12.2. The van der Waals surface area contributed by atoms with Crippen molar-refractivity contribution in [1.29, 1.82) is 0 Å². The van der Waals surface area contributed by atoms with Crippen LogP contribution in [-0.4, -0.2) is 31.3 Å². The van der Waals surface area contributed by atoms with Crippen LogP contribution < -0.4 is 10.3 Å². The molecule has 130 valence electrons. The SMILES string of the molecule is COCCOc1ccc(-c2ccc(Br)c(=O)n2CC(F)F)c(C)c1. The van der Waals surface area contributed by atoms with Crippen LogP contribution in [-0.2, 0) is 11.3 Å². The summed E-state index contributed by atoms with van der Waals surface area (Å²) < 4.78 is 37.5. The summed E-state index contributed by atoms with van der Waals surface area (Å²) in [5, 5.41) is 0. The number of aromatic nitrogens is 1. The monoisotopic (exact) mass is 401 g/mol. The third-order valence-corrected chi connectivity index (χ3v) is 4.08. The number of rotatable bonds is 7. The van der Waals surface area contributed by atoms with Crippen molar-refractivity contribution in [3.05, 3.63) is 50.7 Å². The van der Waals surface area contributed by atoms with Crippen LogP contribution in [0.15, 0.2) is 39.6 Å². The van der Waals surface area contributed by atoms with Crippen molar-refractivity contribution in [1.82, 2.24) is 4.57 Å². The molecule has 1 heterocycles. The van der Waals surface area contributed by atoms with Gasteiger partial charge in [-0.05, 0) is 58.7 Å². The Labute approximate surface area is 147 Å². The number of nitrogens with zero attached hydrogens (tertiary/aromatic N) is 1. The number of hydrogen-bond acceptors (Lipinski definition) is 3. The third-order valence-electron chi connectivity index (χ3n) is 3.48. The standard InChI is InChI=1S/C17H18BrF2NO3/c1-11-9-12(24-8-7-23-2)3-4-13(11)15-6-5-14(18)17(22)21(15)10-16(19)20/h3-6,9,16H,7-8,10H2,1-2H3. The quantitative estimate of drug-likeness (QED) is 0.661. The molecule has 2 rings (SSSR count). The summed E-state index contributed by atoms with van der Waals surface area (Å²) >= 11 is 3.10. The zero-order valence-electron chi connectivity index (χ0n) is 13.4. The van der Waals surface area contributed by atoms with Gasteiger partial charge in [-0.3, -0.25) is 4.79 Å². The van der Waals surface area contributed by atoms with Crippen LogP contribution >= 0.6 is 15.9 Å². The summed E-state index contributed by atoms with van der Waals surface area (Å²) in [5.74, 6) is 0.660. The zero-order chi connectivity index (χ0) is 17.7. The summed E-state index contributed by atoms with van der Waals surface area (Å²) in [5.41, 5.74) is 1.51. The second kappa shape index (κ2) is 8.39. The van der Waals surface area contributed by atoms with Gasteiger partial charge in [0.15, 0.2) is 0 Å². The van der Waals surface area contributed by atoms with E-state index in [4.69, 9.17) is 9.47 Å². The van der Waals surface area contributed by atoms with Crippen LogP contribution in [0.2, 0.25) is 0 Å². The maximum Gasteiger partial charge on any atom is 0.265 e. The molecule has 0 saturated heterocycles. The van der Waals surface area contributed by atoms with E-state index in [1.807, 2.05) is 13.0 Å². The smallest absolute Gasteiger partial charge is 0.265 e. The first kappa shape index (κ1) is 18.6. The van der Waals surface area contributed by atoms with Gasteiger partial charge in [0, 0.05) is 12.7 Å². The predicted octanol–water partition coefficient (Wildman–Crippen LogP) is 3.88. The van der Waals surface area contributed by atoms with Gasteiger partial charge in [0.2, 0.25) is 0 Å². The number of alkyl halides is 2. The molecule has 0 spiro atoms. The highest BCUT2D eigenvalue weighted by Crippen LogP contribution is 2.27. The highest BCUT2D eigenvalue weighted by Gasteiger charge is 2.15. The van der Waals surface area contributed by atoms with E-state index in [1.165, 1.54) is 0 Å². The molecule has 0 bridgehead atoms. The Morgan fingerprint density at radius 3 is 2.58 bits per heavy atom. The van der Waals surface area contributed by atoms with Gasteiger partial charge in [-0.1, -0.05) is 0 Å². The largest absolute Gasteiger partial charge is 0.491 e. The molecule has 0 N–H and O–H groups in total. The van der Waals surface area contributed by atoms with Crippen LogP contribution in [0.3, 0.4) is 0 Å². The average Bonchev–Trinajstić information content (AvgIpc) is 2.53. The highest BCUT2D eigenvalue weighted by molar-refractivity contribution is 9.10. The van der Waals surface area contributed by atoms with Crippen LogP contribution in [0.1, 0.15) is 5.56 Å². The number of aryl methyl sites for hydroxylation is 1. The molecule has 0 atom stereocenters. The van der Waals surface area contributed by atoms with Crippen LogP contribution in [0.4, 0.5) is 8.78 Å². The Bertz CT molecular complexity index is 762. The van der Waals surface area contributed by atoms with Crippen molar-refractivity contribution in [2.45, 2.75) is 19.9 Å². The lowest BCUT2D eigenvalue weighted by Crippen LogP contribution is -2.25. The van der Waals surface area contributed by atoms with E-state index in [0.717, 1.165) is 10.1 Å². The Kier molecular flexibility index (Phi) is 6.51. The minimum absolute atomic E-state index is 0.254. The minimum Gasteiger partial charge on any atom is -0.491 e. The van der Waals surface area contributed by atoms with Gasteiger partial charge < -0.3 is 14.0 Å². The van der Waals surface area contributed by atoms with E-state index in [1.54, 1.807) is 31.4 Å². The number of methoxy groups -OCH3 is 1. The van der Waals surface area contributed by atoms with Gasteiger partial charge in [-0.2, -0.15) is 0 Å². The van der Waals surface area contributed by atoms with Crippen molar-refractivity contribution in [3.63, 3.8) is 0 Å². The van der Waals surface area contributed by atoms with E-state index >= 15 is 0 Å². The normalized spacial score (nSPS) is 11.1. The van der Waals surface area contributed by atoms with E-state index < -0.39 is 18.5 Å². The highest BCUT2D eigenvalue weighted by atomic mass is 79.9. The molecule has 0 aliphatic heterocycles. The molecular weight excluding hydrogens is 384 g/mol. The molecule has 4 nitrogen and oxygen atoms in total. The fourth-order valence-electron chi connectivity index (χ4n) is 2.36. The molecule has 0 aliphatic carbocycles. The number of pyridine rings is 1. The summed E-state index contributed by atoms with van der Waals surface area (Å²) in [6.45, 7) is 2.09. The van der Waals surface area contributed by atoms with Crippen molar-refractivity contribution in [2.24, 2.45) is 0 Å². The number of halogens is 3. The fourth-order valence-corrected chi connectivity index (χ4v) is 2.71. The van der Waals surface area contributed by atoms with Crippen molar-refractivity contribution in [2.75, 3.05) is 20.3 Å². The number of ether oxygens (including phenoxy) is 2. The van der Waals surface area contributed by atoms with Gasteiger partial charge in [0.1, 0.15) is 12.4 Å². The second-order valence-corrected chi connectivity index (χ2v) is 6.05. The molecular formula is C17H18BrF2NO3. The second-order valence-electron chi connectivity index (χ2n) is 5.19. The fraction of sp³-hybridized carbons (Fsp3) is 0.353. The first-order valence-corrected chi connectivity index (χ1v) is 8.13. The maximum atomic E-state index is 12.9. The summed E-state index contributed by atoms with van der Waals surface area (Å²) in [7, 11) is 1.59. The van der Waals surface area contributed by atoms with Gasteiger partial charge in [-0.25, -0.2) is 8.78 Å². The van der Waals surface area contributed by atoms with Crippen molar-refractivity contribution in [3.8, 4) is 17.0 Å². The lowest BCUT2D eigenvalue weighted by Gasteiger charge is -2.16. The van der Waals surface area contributed by atoms with Crippen molar-refractivity contribution >= 4 is 15.9 Å². The molecule has 0 radical (unpaired) electrons. The number of hydrogen-bond donors (Lipinski definition) is 0. The van der Waals surface area contributed by atoms with Gasteiger partial charge in [0.05, 0.1) is 23.3 Å².